The van der Waals surface area contributed by atoms with E-state index in [9.17, 15) is 0 Å². The largest absolute Gasteiger partial charge is 0.303 e. The van der Waals surface area contributed by atoms with E-state index in [0.29, 0.717) is 0 Å². The van der Waals surface area contributed by atoms with Gasteiger partial charge < -0.3 is 4.90 Å². The van der Waals surface area contributed by atoms with Crippen LogP contribution in [0.5, 0.6) is 0 Å². The molecule has 0 rings (SSSR count). The third-order valence-electron chi connectivity index (χ3n) is 3.91. The van der Waals surface area contributed by atoms with E-state index in [1.165, 1.54) is 83.8 Å². The molecule has 0 aromatic heterocycles. The Labute approximate surface area is 123 Å². The van der Waals surface area contributed by atoms with Crippen LogP contribution >= 0.6 is 0 Å². The first-order valence-corrected chi connectivity index (χ1v) is 8.93. The van der Waals surface area contributed by atoms with E-state index in [0.717, 1.165) is 5.92 Å². The van der Waals surface area contributed by atoms with Crippen LogP contribution in [0.4, 0.5) is 0 Å². The normalized spacial score (nSPS) is 11.7. The summed E-state index contributed by atoms with van der Waals surface area (Å²) in [5.74, 6) is 0.880. The Bertz CT molecular complexity index is 155. The van der Waals surface area contributed by atoms with Crippen LogP contribution in [-0.2, 0) is 0 Å². The van der Waals surface area contributed by atoms with Gasteiger partial charge in [-0.05, 0) is 44.8 Å². The number of unbranched alkanes of at least 4 members (excludes halogenated alkanes) is 6. The lowest BCUT2D eigenvalue weighted by Crippen LogP contribution is -2.27. The van der Waals surface area contributed by atoms with E-state index in [-0.39, 0.29) is 0 Å². The minimum Gasteiger partial charge on any atom is -0.303 e. The topological polar surface area (TPSA) is 3.24 Å². The molecule has 0 radical (unpaired) electrons. The summed E-state index contributed by atoms with van der Waals surface area (Å²) in [6.45, 7) is 13.3. The van der Waals surface area contributed by atoms with Gasteiger partial charge in [-0.15, -0.1) is 0 Å². The van der Waals surface area contributed by atoms with Gasteiger partial charge in [0.15, 0.2) is 0 Å². The molecule has 0 unspecified atom stereocenters. The van der Waals surface area contributed by atoms with Gasteiger partial charge in [0.2, 0.25) is 0 Å². The maximum absolute atomic E-state index is 2.72. The molecule has 0 bridgehead atoms. The molecule has 0 aliphatic heterocycles. The van der Waals surface area contributed by atoms with Crippen molar-refractivity contribution in [2.75, 3.05) is 19.6 Å². The minimum absolute atomic E-state index is 0.880. The van der Waals surface area contributed by atoms with Crippen molar-refractivity contribution in [3.05, 3.63) is 0 Å². The van der Waals surface area contributed by atoms with E-state index in [2.05, 4.69) is 32.6 Å². The molecule has 1 heteroatoms. The first-order valence-electron chi connectivity index (χ1n) is 8.93. The SMILES string of the molecule is CCCCCN(CCCCC)CCCCCC(C)C. The summed E-state index contributed by atoms with van der Waals surface area (Å²) in [5.41, 5.74) is 0. The van der Waals surface area contributed by atoms with Crippen LogP contribution in [0.25, 0.3) is 0 Å². The first kappa shape index (κ1) is 19.0. The highest BCUT2D eigenvalue weighted by atomic mass is 15.1. The lowest BCUT2D eigenvalue weighted by molar-refractivity contribution is 0.255. The molecule has 0 heterocycles. The maximum atomic E-state index is 2.72. The van der Waals surface area contributed by atoms with E-state index in [4.69, 9.17) is 0 Å². The minimum atomic E-state index is 0.880. The number of nitrogens with zero attached hydrogens (tertiary/aromatic N) is 1. The fraction of sp³-hybridized carbons (Fsp3) is 1.00. The average molecular weight is 270 g/mol. The highest BCUT2D eigenvalue weighted by Gasteiger charge is 2.04. The fourth-order valence-corrected chi connectivity index (χ4v) is 2.57. The highest BCUT2D eigenvalue weighted by molar-refractivity contribution is 4.59. The van der Waals surface area contributed by atoms with Gasteiger partial charge in [0.05, 0.1) is 0 Å². The molecule has 0 N–H and O–H groups in total. The van der Waals surface area contributed by atoms with Gasteiger partial charge in [-0.1, -0.05) is 72.6 Å². The molecule has 0 spiro atoms. The van der Waals surface area contributed by atoms with Crippen LogP contribution in [0.2, 0.25) is 0 Å². The van der Waals surface area contributed by atoms with E-state index in [1.807, 2.05) is 0 Å². The quantitative estimate of drug-likeness (QED) is 0.356. The molecule has 0 saturated heterocycles. The Balaban J connectivity index is 3.64. The molecule has 0 aliphatic carbocycles. The van der Waals surface area contributed by atoms with Gasteiger partial charge in [-0.25, -0.2) is 0 Å². The smallest absolute Gasteiger partial charge is 0.00187 e. The van der Waals surface area contributed by atoms with Crippen LogP contribution < -0.4 is 0 Å². The predicted octanol–water partition coefficient (Wildman–Crippen LogP) is 5.89. The molecule has 1 nitrogen and oxygen atoms in total. The molecular weight excluding hydrogens is 230 g/mol. The van der Waals surface area contributed by atoms with E-state index < -0.39 is 0 Å². The lowest BCUT2D eigenvalue weighted by Gasteiger charge is -2.22. The molecule has 0 fully saturated rings. The van der Waals surface area contributed by atoms with Crippen molar-refractivity contribution in [1.82, 2.24) is 4.90 Å². The standard InChI is InChI=1S/C18H39N/c1-5-7-11-15-19(16-12-8-6-2)17-13-9-10-14-18(3)4/h18H,5-17H2,1-4H3. The van der Waals surface area contributed by atoms with Crippen molar-refractivity contribution in [3.8, 4) is 0 Å². The Hall–Kier alpha value is -0.0400. The summed E-state index contributed by atoms with van der Waals surface area (Å²) in [5, 5.41) is 0. The second kappa shape index (κ2) is 14.4. The molecule has 116 valence electrons. The molecule has 0 aromatic rings. The van der Waals surface area contributed by atoms with Gasteiger partial charge in [-0.2, -0.15) is 0 Å². The Kier molecular flexibility index (Phi) is 14.3. The Morgan fingerprint density at radius 3 is 1.53 bits per heavy atom. The second-order valence-corrected chi connectivity index (χ2v) is 6.50. The predicted molar refractivity (Wildman–Crippen MR) is 88.8 cm³/mol. The summed E-state index contributed by atoms with van der Waals surface area (Å²) >= 11 is 0. The molecule has 0 aliphatic rings. The van der Waals surface area contributed by atoms with Crippen molar-refractivity contribution in [1.29, 1.82) is 0 Å². The molecular formula is C18H39N. The van der Waals surface area contributed by atoms with E-state index in [1.54, 1.807) is 0 Å². The zero-order valence-corrected chi connectivity index (χ0v) is 14.2. The van der Waals surface area contributed by atoms with Crippen molar-refractivity contribution in [2.24, 2.45) is 5.92 Å². The first-order chi connectivity index (χ1) is 9.20. The van der Waals surface area contributed by atoms with Crippen molar-refractivity contribution in [2.45, 2.75) is 91.9 Å². The zero-order valence-electron chi connectivity index (χ0n) is 14.2. The monoisotopic (exact) mass is 269 g/mol. The van der Waals surface area contributed by atoms with Gasteiger partial charge in [0, 0.05) is 0 Å². The Morgan fingerprint density at radius 2 is 1.11 bits per heavy atom. The maximum Gasteiger partial charge on any atom is -0.00187 e. The Morgan fingerprint density at radius 1 is 0.632 bits per heavy atom. The van der Waals surface area contributed by atoms with Crippen molar-refractivity contribution >= 4 is 0 Å². The molecule has 0 amide bonds. The van der Waals surface area contributed by atoms with E-state index >= 15 is 0 Å². The van der Waals surface area contributed by atoms with Gasteiger partial charge in [0.25, 0.3) is 0 Å². The van der Waals surface area contributed by atoms with Crippen molar-refractivity contribution < 1.29 is 0 Å². The third-order valence-corrected chi connectivity index (χ3v) is 3.91. The van der Waals surface area contributed by atoms with Crippen LogP contribution in [-0.4, -0.2) is 24.5 Å². The van der Waals surface area contributed by atoms with Gasteiger partial charge >= 0.3 is 0 Å². The third kappa shape index (κ3) is 14.2. The summed E-state index contributed by atoms with van der Waals surface area (Å²) in [4.78, 5) is 2.72. The second-order valence-electron chi connectivity index (χ2n) is 6.50. The number of hydrogen-bond acceptors (Lipinski definition) is 1. The van der Waals surface area contributed by atoms with Crippen LogP contribution in [0.3, 0.4) is 0 Å². The summed E-state index contributed by atoms with van der Waals surface area (Å²) in [6, 6.07) is 0. The van der Waals surface area contributed by atoms with Crippen LogP contribution in [0.1, 0.15) is 91.9 Å². The summed E-state index contributed by atoms with van der Waals surface area (Å²) in [6.07, 6.45) is 14.0. The fourth-order valence-electron chi connectivity index (χ4n) is 2.57. The van der Waals surface area contributed by atoms with Gasteiger partial charge in [0.1, 0.15) is 0 Å². The molecule has 0 atom stereocenters. The molecule has 0 aromatic carbocycles. The zero-order chi connectivity index (χ0) is 14.3. The molecule has 19 heavy (non-hydrogen) atoms. The summed E-state index contributed by atoms with van der Waals surface area (Å²) in [7, 11) is 0. The van der Waals surface area contributed by atoms with Crippen molar-refractivity contribution in [3.63, 3.8) is 0 Å². The van der Waals surface area contributed by atoms with Gasteiger partial charge in [-0.3, -0.25) is 0 Å². The lowest BCUT2D eigenvalue weighted by atomic mass is 10.1. The highest BCUT2D eigenvalue weighted by Crippen LogP contribution is 2.10. The average Bonchev–Trinajstić information content (AvgIpc) is 2.38. The number of rotatable bonds is 14. The van der Waals surface area contributed by atoms with Crippen LogP contribution in [0.15, 0.2) is 0 Å². The van der Waals surface area contributed by atoms with Crippen LogP contribution in [0, 0.1) is 5.92 Å². The molecule has 0 saturated carbocycles. The summed E-state index contributed by atoms with van der Waals surface area (Å²) < 4.78 is 0. The number of hydrogen-bond donors (Lipinski definition) is 0.